The second kappa shape index (κ2) is 5.61. The maximum Gasteiger partial charge on any atom is 0.121 e. The minimum absolute atomic E-state index is 0.174. The van der Waals surface area contributed by atoms with Gasteiger partial charge in [0.2, 0.25) is 0 Å². The van der Waals surface area contributed by atoms with Crippen LogP contribution in [0.4, 0.5) is 5.69 Å². The van der Waals surface area contributed by atoms with Gasteiger partial charge in [-0.15, -0.1) is 0 Å². The van der Waals surface area contributed by atoms with Crippen molar-refractivity contribution in [3.05, 3.63) is 24.3 Å². The highest BCUT2D eigenvalue weighted by Gasteiger charge is 2.03. The molecule has 1 atom stereocenters. The Hall–Kier alpha value is -1.22. The first-order chi connectivity index (χ1) is 7.13. The lowest BCUT2D eigenvalue weighted by Crippen LogP contribution is -2.17. The van der Waals surface area contributed by atoms with Gasteiger partial charge in [0.1, 0.15) is 5.75 Å². The summed E-state index contributed by atoms with van der Waals surface area (Å²) in [6, 6.07) is 8.06. The van der Waals surface area contributed by atoms with E-state index in [1.807, 2.05) is 39.2 Å². The molecule has 0 saturated heterocycles. The summed E-state index contributed by atoms with van der Waals surface area (Å²) in [6.07, 6.45) is 1.05. The Bertz CT molecular complexity index is 299. The van der Waals surface area contributed by atoms with Gasteiger partial charge < -0.3 is 15.4 Å². The van der Waals surface area contributed by atoms with Crippen molar-refractivity contribution in [1.29, 1.82) is 0 Å². The highest BCUT2D eigenvalue weighted by atomic mass is 16.5. The minimum atomic E-state index is 0.174. The monoisotopic (exact) mass is 208 g/mol. The Morgan fingerprint density at radius 2 is 2.13 bits per heavy atom. The van der Waals surface area contributed by atoms with Crippen LogP contribution in [0.5, 0.6) is 5.75 Å². The fourth-order valence-corrected chi connectivity index (χ4v) is 1.36. The van der Waals surface area contributed by atoms with Crippen molar-refractivity contribution in [2.24, 2.45) is 5.73 Å². The molecule has 1 rings (SSSR count). The summed E-state index contributed by atoms with van der Waals surface area (Å²) in [5, 5.41) is 0. The van der Waals surface area contributed by atoms with E-state index >= 15 is 0 Å². The molecule has 0 heterocycles. The average molecular weight is 208 g/mol. The maximum absolute atomic E-state index is 5.74. The number of benzene rings is 1. The molecule has 0 aliphatic heterocycles. The SMILES string of the molecule is CC(CCN)Oc1cccc(N(C)C)c1. The Morgan fingerprint density at radius 3 is 2.73 bits per heavy atom. The van der Waals surface area contributed by atoms with Gasteiger partial charge in [-0.25, -0.2) is 0 Å². The Morgan fingerprint density at radius 1 is 1.40 bits per heavy atom. The van der Waals surface area contributed by atoms with E-state index in [2.05, 4.69) is 11.0 Å². The van der Waals surface area contributed by atoms with E-state index < -0.39 is 0 Å². The summed E-state index contributed by atoms with van der Waals surface area (Å²) in [5.41, 5.74) is 6.62. The first-order valence-electron chi connectivity index (χ1n) is 5.27. The molecule has 0 amide bonds. The number of nitrogens with two attached hydrogens (primary N) is 1. The number of hydrogen-bond donors (Lipinski definition) is 1. The van der Waals surface area contributed by atoms with E-state index in [1.165, 1.54) is 0 Å². The summed E-state index contributed by atoms with van der Waals surface area (Å²) in [6.45, 7) is 2.70. The molecule has 0 fully saturated rings. The molecule has 1 aromatic rings. The first kappa shape index (κ1) is 11.9. The number of nitrogens with zero attached hydrogens (tertiary/aromatic N) is 1. The van der Waals surface area contributed by atoms with Gasteiger partial charge in [0.25, 0.3) is 0 Å². The van der Waals surface area contributed by atoms with Crippen LogP contribution >= 0.6 is 0 Å². The maximum atomic E-state index is 5.74. The van der Waals surface area contributed by atoms with Gasteiger partial charge in [-0.05, 0) is 32.0 Å². The fraction of sp³-hybridized carbons (Fsp3) is 0.500. The summed E-state index contributed by atoms with van der Waals surface area (Å²) >= 11 is 0. The van der Waals surface area contributed by atoms with Gasteiger partial charge in [-0.3, -0.25) is 0 Å². The molecule has 0 aliphatic carbocycles. The molecule has 84 valence electrons. The van der Waals surface area contributed by atoms with Gasteiger partial charge in [0.05, 0.1) is 6.10 Å². The largest absolute Gasteiger partial charge is 0.491 e. The van der Waals surface area contributed by atoms with E-state index in [4.69, 9.17) is 10.5 Å². The predicted octanol–water partition coefficient (Wildman–Crippen LogP) is 1.87. The van der Waals surface area contributed by atoms with E-state index in [-0.39, 0.29) is 6.10 Å². The number of anilines is 1. The van der Waals surface area contributed by atoms with Crippen molar-refractivity contribution in [3.63, 3.8) is 0 Å². The third-order valence-corrected chi connectivity index (χ3v) is 2.24. The predicted molar refractivity (Wildman–Crippen MR) is 64.5 cm³/mol. The lowest BCUT2D eigenvalue weighted by molar-refractivity contribution is 0.214. The van der Waals surface area contributed by atoms with E-state index in [0.717, 1.165) is 17.9 Å². The van der Waals surface area contributed by atoms with Gasteiger partial charge in [-0.1, -0.05) is 6.07 Å². The molecular weight excluding hydrogens is 188 g/mol. The molecule has 0 saturated carbocycles. The van der Waals surface area contributed by atoms with Crippen molar-refractivity contribution in [2.75, 3.05) is 25.5 Å². The van der Waals surface area contributed by atoms with Crippen molar-refractivity contribution >= 4 is 5.69 Å². The molecule has 2 N–H and O–H groups in total. The van der Waals surface area contributed by atoms with Gasteiger partial charge in [0.15, 0.2) is 0 Å². The molecule has 0 aliphatic rings. The molecule has 3 heteroatoms. The van der Waals surface area contributed by atoms with Crippen molar-refractivity contribution < 1.29 is 4.74 Å². The van der Waals surface area contributed by atoms with E-state index in [1.54, 1.807) is 0 Å². The van der Waals surface area contributed by atoms with Gasteiger partial charge in [0, 0.05) is 25.8 Å². The summed E-state index contributed by atoms with van der Waals surface area (Å²) in [4.78, 5) is 2.06. The number of hydrogen-bond acceptors (Lipinski definition) is 3. The number of ether oxygens (including phenoxy) is 1. The number of rotatable bonds is 5. The van der Waals surface area contributed by atoms with Crippen LogP contribution in [0, 0.1) is 0 Å². The molecule has 0 spiro atoms. The Balaban J connectivity index is 2.65. The van der Waals surface area contributed by atoms with Gasteiger partial charge >= 0.3 is 0 Å². The second-order valence-electron chi connectivity index (χ2n) is 3.90. The van der Waals surface area contributed by atoms with Gasteiger partial charge in [-0.2, -0.15) is 0 Å². The zero-order chi connectivity index (χ0) is 11.3. The van der Waals surface area contributed by atoms with Crippen LogP contribution < -0.4 is 15.4 Å². The average Bonchev–Trinajstić information content (AvgIpc) is 2.18. The van der Waals surface area contributed by atoms with Crippen LogP contribution in [0.2, 0.25) is 0 Å². The van der Waals surface area contributed by atoms with Crippen LogP contribution in [0.1, 0.15) is 13.3 Å². The minimum Gasteiger partial charge on any atom is -0.491 e. The Kier molecular flexibility index (Phi) is 4.43. The molecule has 0 bridgehead atoms. The molecule has 15 heavy (non-hydrogen) atoms. The van der Waals surface area contributed by atoms with Crippen LogP contribution in [0.25, 0.3) is 0 Å². The lowest BCUT2D eigenvalue weighted by atomic mass is 10.2. The van der Waals surface area contributed by atoms with Crippen LogP contribution in [-0.4, -0.2) is 26.7 Å². The first-order valence-corrected chi connectivity index (χ1v) is 5.27. The summed E-state index contributed by atoms with van der Waals surface area (Å²) in [7, 11) is 4.03. The smallest absolute Gasteiger partial charge is 0.121 e. The van der Waals surface area contributed by atoms with Crippen LogP contribution in [0.15, 0.2) is 24.3 Å². The van der Waals surface area contributed by atoms with Crippen molar-refractivity contribution in [2.45, 2.75) is 19.4 Å². The molecule has 0 radical (unpaired) electrons. The van der Waals surface area contributed by atoms with E-state index in [0.29, 0.717) is 6.54 Å². The van der Waals surface area contributed by atoms with E-state index in [9.17, 15) is 0 Å². The summed E-state index contributed by atoms with van der Waals surface area (Å²) in [5.74, 6) is 0.905. The normalized spacial score (nSPS) is 12.3. The van der Waals surface area contributed by atoms with Crippen molar-refractivity contribution in [3.8, 4) is 5.75 Å². The topological polar surface area (TPSA) is 38.5 Å². The second-order valence-corrected chi connectivity index (χ2v) is 3.90. The third-order valence-electron chi connectivity index (χ3n) is 2.24. The van der Waals surface area contributed by atoms with Crippen molar-refractivity contribution in [1.82, 2.24) is 0 Å². The third kappa shape index (κ3) is 3.80. The highest BCUT2D eigenvalue weighted by Crippen LogP contribution is 2.20. The zero-order valence-corrected chi connectivity index (χ0v) is 9.73. The summed E-state index contributed by atoms with van der Waals surface area (Å²) < 4.78 is 5.74. The Labute approximate surface area is 91.8 Å². The van der Waals surface area contributed by atoms with Crippen LogP contribution in [-0.2, 0) is 0 Å². The molecule has 1 aromatic carbocycles. The fourth-order valence-electron chi connectivity index (χ4n) is 1.36. The zero-order valence-electron chi connectivity index (χ0n) is 9.73. The quantitative estimate of drug-likeness (QED) is 0.802. The lowest BCUT2D eigenvalue weighted by Gasteiger charge is -2.17. The molecule has 1 unspecified atom stereocenters. The molecule has 0 aromatic heterocycles. The molecule has 3 nitrogen and oxygen atoms in total. The molecular formula is C12H20N2O. The standard InChI is InChI=1S/C12H20N2O/c1-10(7-8-13)15-12-6-4-5-11(9-12)14(2)3/h4-6,9-10H,7-8,13H2,1-3H3. The van der Waals surface area contributed by atoms with Crippen LogP contribution in [0.3, 0.4) is 0 Å². The highest BCUT2D eigenvalue weighted by molar-refractivity contribution is 5.49.